The summed E-state index contributed by atoms with van der Waals surface area (Å²) in [5.74, 6) is 0.371. The molecule has 114 valence electrons. The van der Waals surface area contributed by atoms with Gasteiger partial charge in [0.25, 0.3) is 0 Å². The van der Waals surface area contributed by atoms with Gasteiger partial charge in [-0.1, -0.05) is 12.8 Å². The number of rotatable bonds is 2. The van der Waals surface area contributed by atoms with Crippen molar-refractivity contribution >= 4 is 5.91 Å². The third-order valence-electron chi connectivity index (χ3n) is 5.22. The number of amides is 1. The highest BCUT2D eigenvalue weighted by Crippen LogP contribution is 2.21. The molecule has 3 heterocycles. The minimum absolute atomic E-state index is 0.0924. The fourth-order valence-electron chi connectivity index (χ4n) is 4.02. The van der Waals surface area contributed by atoms with Gasteiger partial charge in [-0.15, -0.1) is 0 Å². The number of hydrogen-bond donors (Lipinski definition) is 1. The van der Waals surface area contributed by atoms with Crippen LogP contribution in [0.5, 0.6) is 0 Å². The maximum atomic E-state index is 12.7. The molecule has 2 atom stereocenters. The summed E-state index contributed by atoms with van der Waals surface area (Å²) in [4.78, 5) is 17.5. The lowest BCUT2D eigenvalue weighted by atomic mass is 10.0. The van der Waals surface area contributed by atoms with Gasteiger partial charge >= 0.3 is 0 Å². The van der Waals surface area contributed by atoms with Crippen LogP contribution in [0.4, 0.5) is 0 Å². The predicted octanol–water partition coefficient (Wildman–Crippen LogP) is 1.61. The topological polar surface area (TPSA) is 35.6 Å². The molecular formula is C16H29N3O. The summed E-state index contributed by atoms with van der Waals surface area (Å²) in [5, 5.41) is 3.46. The average Bonchev–Trinajstić information content (AvgIpc) is 2.89. The number of nitrogens with one attached hydrogen (secondary N) is 1. The van der Waals surface area contributed by atoms with E-state index in [0.717, 1.165) is 26.1 Å². The van der Waals surface area contributed by atoms with Gasteiger partial charge in [-0.25, -0.2) is 0 Å². The smallest absolute Gasteiger partial charge is 0.239 e. The first-order valence-corrected chi connectivity index (χ1v) is 8.61. The molecule has 3 fully saturated rings. The number of carbonyl (C=O) groups is 1. The van der Waals surface area contributed by atoms with Crippen molar-refractivity contribution in [2.24, 2.45) is 0 Å². The van der Waals surface area contributed by atoms with Crippen molar-refractivity contribution in [3.05, 3.63) is 0 Å². The van der Waals surface area contributed by atoms with Gasteiger partial charge in [0, 0.05) is 19.1 Å². The van der Waals surface area contributed by atoms with Crippen LogP contribution in [0.25, 0.3) is 0 Å². The van der Waals surface area contributed by atoms with Gasteiger partial charge in [0.15, 0.2) is 0 Å². The minimum Gasteiger partial charge on any atom is -0.340 e. The molecule has 4 heteroatoms. The van der Waals surface area contributed by atoms with Crippen LogP contribution >= 0.6 is 0 Å². The van der Waals surface area contributed by atoms with Crippen LogP contribution in [0.3, 0.4) is 0 Å². The van der Waals surface area contributed by atoms with Crippen molar-refractivity contribution in [3.8, 4) is 0 Å². The van der Waals surface area contributed by atoms with Crippen LogP contribution in [-0.2, 0) is 4.79 Å². The highest BCUT2D eigenvalue weighted by Gasteiger charge is 2.32. The standard InChI is InChI=1S/C16H29N3O/c20-16(15-8-2-1-3-9-17-15)19-12-6-7-14(13-19)18-10-4-5-11-18/h14-15,17H,1-13H2. The van der Waals surface area contributed by atoms with E-state index in [2.05, 4.69) is 15.1 Å². The van der Waals surface area contributed by atoms with E-state index >= 15 is 0 Å². The summed E-state index contributed by atoms with van der Waals surface area (Å²) < 4.78 is 0. The Labute approximate surface area is 122 Å². The van der Waals surface area contributed by atoms with Crippen molar-refractivity contribution in [2.45, 2.75) is 63.5 Å². The van der Waals surface area contributed by atoms with E-state index < -0.39 is 0 Å². The second-order valence-corrected chi connectivity index (χ2v) is 6.68. The molecule has 0 aromatic heterocycles. The predicted molar refractivity (Wildman–Crippen MR) is 80.7 cm³/mol. The van der Waals surface area contributed by atoms with Crippen molar-refractivity contribution in [2.75, 3.05) is 32.7 Å². The second kappa shape index (κ2) is 6.90. The Morgan fingerprint density at radius 1 is 0.900 bits per heavy atom. The zero-order valence-electron chi connectivity index (χ0n) is 12.6. The van der Waals surface area contributed by atoms with Gasteiger partial charge in [0.2, 0.25) is 5.91 Å². The molecule has 3 saturated heterocycles. The van der Waals surface area contributed by atoms with Gasteiger partial charge in [-0.2, -0.15) is 0 Å². The Morgan fingerprint density at radius 3 is 2.60 bits per heavy atom. The van der Waals surface area contributed by atoms with Gasteiger partial charge in [-0.05, 0) is 58.2 Å². The largest absolute Gasteiger partial charge is 0.340 e. The summed E-state index contributed by atoms with van der Waals surface area (Å²) in [5.41, 5.74) is 0. The van der Waals surface area contributed by atoms with Crippen LogP contribution in [0, 0.1) is 0 Å². The molecule has 0 saturated carbocycles. The third kappa shape index (κ3) is 3.34. The Morgan fingerprint density at radius 2 is 1.75 bits per heavy atom. The van der Waals surface area contributed by atoms with Crippen molar-refractivity contribution < 1.29 is 4.79 Å². The van der Waals surface area contributed by atoms with Crippen molar-refractivity contribution in [1.29, 1.82) is 0 Å². The Kier molecular flexibility index (Phi) is 4.94. The molecule has 1 amide bonds. The molecule has 4 nitrogen and oxygen atoms in total. The molecule has 0 bridgehead atoms. The number of likely N-dealkylation sites (tertiary alicyclic amines) is 2. The van der Waals surface area contributed by atoms with E-state index in [1.165, 1.54) is 58.0 Å². The summed E-state index contributed by atoms with van der Waals surface area (Å²) in [6, 6.07) is 0.718. The number of hydrogen-bond acceptors (Lipinski definition) is 3. The van der Waals surface area contributed by atoms with Gasteiger partial charge in [-0.3, -0.25) is 9.69 Å². The normalized spacial score (nSPS) is 33.1. The average molecular weight is 279 g/mol. The molecule has 2 unspecified atom stereocenters. The van der Waals surface area contributed by atoms with Crippen molar-refractivity contribution in [1.82, 2.24) is 15.1 Å². The molecule has 0 radical (unpaired) electrons. The lowest BCUT2D eigenvalue weighted by Crippen LogP contribution is -2.53. The summed E-state index contributed by atoms with van der Waals surface area (Å²) in [7, 11) is 0. The van der Waals surface area contributed by atoms with Gasteiger partial charge < -0.3 is 10.2 Å². The highest BCUT2D eigenvalue weighted by molar-refractivity contribution is 5.82. The number of nitrogens with zero attached hydrogens (tertiary/aromatic N) is 2. The zero-order valence-corrected chi connectivity index (χ0v) is 12.6. The molecule has 0 aliphatic carbocycles. The fraction of sp³-hybridized carbons (Fsp3) is 0.938. The molecule has 3 aliphatic heterocycles. The lowest BCUT2D eigenvalue weighted by Gasteiger charge is -2.39. The van der Waals surface area contributed by atoms with Crippen LogP contribution in [-0.4, -0.2) is 60.5 Å². The Bertz CT molecular complexity index is 320. The molecule has 20 heavy (non-hydrogen) atoms. The first kappa shape index (κ1) is 14.3. The zero-order chi connectivity index (χ0) is 13.8. The number of carbonyl (C=O) groups excluding carboxylic acids is 1. The van der Waals surface area contributed by atoms with E-state index in [1.54, 1.807) is 0 Å². The Hall–Kier alpha value is -0.610. The van der Waals surface area contributed by atoms with Crippen LogP contribution in [0.2, 0.25) is 0 Å². The van der Waals surface area contributed by atoms with E-state index in [4.69, 9.17) is 0 Å². The lowest BCUT2D eigenvalue weighted by molar-refractivity contribution is -0.135. The second-order valence-electron chi connectivity index (χ2n) is 6.68. The molecular weight excluding hydrogens is 250 g/mol. The quantitative estimate of drug-likeness (QED) is 0.834. The van der Waals surface area contributed by atoms with Crippen molar-refractivity contribution in [3.63, 3.8) is 0 Å². The highest BCUT2D eigenvalue weighted by atomic mass is 16.2. The maximum Gasteiger partial charge on any atom is 0.239 e. The van der Waals surface area contributed by atoms with Crippen LogP contribution in [0.15, 0.2) is 0 Å². The monoisotopic (exact) mass is 279 g/mol. The van der Waals surface area contributed by atoms with E-state index in [-0.39, 0.29) is 6.04 Å². The van der Waals surface area contributed by atoms with E-state index in [0.29, 0.717) is 11.9 Å². The fourth-order valence-corrected chi connectivity index (χ4v) is 4.02. The molecule has 0 aromatic carbocycles. The molecule has 0 aromatic rings. The first-order chi connectivity index (χ1) is 9.84. The Balaban J connectivity index is 1.56. The molecule has 0 spiro atoms. The maximum absolute atomic E-state index is 12.7. The summed E-state index contributed by atoms with van der Waals surface area (Å²) >= 11 is 0. The number of piperidine rings is 1. The van der Waals surface area contributed by atoms with Crippen LogP contribution in [0.1, 0.15) is 51.4 Å². The van der Waals surface area contributed by atoms with Crippen LogP contribution < -0.4 is 5.32 Å². The minimum atomic E-state index is 0.0924. The van der Waals surface area contributed by atoms with E-state index in [9.17, 15) is 4.79 Å². The van der Waals surface area contributed by atoms with E-state index in [1.807, 2.05) is 0 Å². The summed E-state index contributed by atoms with van der Waals surface area (Å²) in [6.45, 7) is 5.45. The summed E-state index contributed by atoms with van der Waals surface area (Å²) in [6.07, 6.45) is 9.87. The third-order valence-corrected chi connectivity index (χ3v) is 5.22. The molecule has 3 aliphatic rings. The SMILES string of the molecule is O=C(C1CCCCCN1)N1CCCC(N2CCCC2)C1. The van der Waals surface area contributed by atoms with Gasteiger partial charge in [0.1, 0.15) is 0 Å². The molecule has 3 rings (SSSR count). The molecule has 1 N–H and O–H groups in total. The van der Waals surface area contributed by atoms with Gasteiger partial charge in [0.05, 0.1) is 6.04 Å². The first-order valence-electron chi connectivity index (χ1n) is 8.61.